The second kappa shape index (κ2) is 3.80. The molecule has 1 heterocycles. The number of fused-ring (bicyclic) bond motifs is 1. The highest BCUT2D eigenvalue weighted by molar-refractivity contribution is 5.78. The molecule has 0 fully saturated rings. The first kappa shape index (κ1) is 9.21. The number of aromatic nitrogens is 2. The van der Waals surface area contributed by atoms with Gasteiger partial charge in [0.05, 0.1) is 11.0 Å². The van der Waals surface area contributed by atoms with Gasteiger partial charge in [-0.15, -0.1) is 0 Å². The Bertz CT molecular complexity index is 431. The molecule has 2 rings (SSSR count). The van der Waals surface area contributed by atoms with Gasteiger partial charge in [0.15, 0.2) is 0 Å². The van der Waals surface area contributed by atoms with Crippen LogP contribution in [0.3, 0.4) is 0 Å². The number of aromatic amines is 1. The second-order valence-electron chi connectivity index (χ2n) is 3.39. The van der Waals surface area contributed by atoms with Crippen molar-refractivity contribution in [3.05, 3.63) is 29.6 Å². The summed E-state index contributed by atoms with van der Waals surface area (Å²) in [6, 6.07) is 6.20. The molecule has 3 nitrogen and oxygen atoms in total. The van der Waals surface area contributed by atoms with Gasteiger partial charge in [-0.1, -0.05) is 19.1 Å². The lowest BCUT2D eigenvalue weighted by molar-refractivity contribution is 0.968. The van der Waals surface area contributed by atoms with E-state index in [2.05, 4.69) is 29.0 Å². The Morgan fingerprint density at radius 3 is 3.00 bits per heavy atom. The van der Waals surface area contributed by atoms with Crippen LogP contribution in [0.15, 0.2) is 18.2 Å². The molecule has 74 valence electrons. The summed E-state index contributed by atoms with van der Waals surface area (Å²) in [5.41, 5.74) is 8.99. The molecule has 0 spiro atoms. The smallest absolute Gasteiger partial charge is 0.106 e. The van der Waals surface area contributed by atoms with Crippen LogP contribution in [0.5, 0.6) is 0 Å². The molecule has 14 heavy (non-hydrogen) atoms. The summed E-state index contributed by atoms with van der Waals surface area (Å²) in [7, 11) is 0. The maximum atomic E-state index is 5.55. The molecule has 0 aliphatic carbocycles. The highest BCUT2D eigenvalue weighted by Crippen LogP contribution is 2.16. The third-order valence-electron chi connectivity index (χ3n) is 2.39. The fourth-order valence-electron chi connectivity index (χ4n) is 1.67. The van der Waals surface area contributed by atoms with Crippen molar-refractivity contribution in [2.24, 2.45) is 5.73 Å². The molecule has 0 amide bonds. The van der Waals surface area contributed by atoms with Crippen molar-refractivity contribution >= 4 is 11.0 Å². The van der Waals surface area contributed by atoms with Crippen molar-refractivity contribution < 1.29 is 0 Å². The number of imidazole rings is 1. The monoisotopic (exact) mass is 189 g/mol. The Morgan fingerprint density at radius 2 is 2.29 bits per heavy atom. The molecular weight excluding hydrogens is 174 g/mol. The van der Waals surface area contributed by atoms with Crippen LogP contribution < -0.4 is 5.73 Å². The molecule has 1 aromatic heterocycles. The summed E-state index contributed by atoms with van der Waals surface area (Å²) in [4.78, 5) is 7.83. The van der Waals surface area contributed by atoms with Crippen LogP contribution in [0.1, 0.15) is 18.3 Å². The van der Waals surface area contributed by atoms with Crippen molar-refractivity contribution in [2.75, 3.05) is 6.54 Å². The van der Waals surface area contributed by atoms with Gasteiger partial charge >= 0.3 is 0 Å². The minimum absolute atomic E-state index is 0.674. The van der Waals surface area contributed by atoms with Crippen LogP contribution in [-0.4, -0.2) is 16.5 Å². The van der Waals surface area contributed by atoms with Crippen molar-refractivity contribution in [3.63, 3.8) is 0 Å². The topological polar surface area (TPSA) is 54.7 Å². The maximum absolute atomic E-state index is 5.55. The van der Waals surface area contributed by atoms with Crippen LogP contribution in [0.4, 0.5) is 0 Å². The zero-order valence-corrected chi connectivity index (χ0v) is 8.38. The predicted molar refractivity (Wildman–Crippen MR) is 58.2 cm³/mol. The molecule has 0 bridgehead atoms. The number of benzene rings is 1. The fourth-order valence-corrected chi connectivity index (χ4v) is 1.67. The van der Waals surface area contributed by atoms with E-state index >= 15 is 0 Å². The highest BCUT2D eigenvalue weighted by atomic mass is 14.9. The van der Waals surface area contributed by atoms with Gasteiger partial charge in [0, 0.05) is 6.42 Å². The van der Waals surface area contributed by atoms with Crippen LogP contribution in [0.25, 0.3) is 11.0 Å². The summed E-state index contributed by atoms with van der Waals surface area (Å²) < 4.78 is 0. The molecular formula is C11H15N3. The third-order valence-corrected chi connectivity index (χ3v) is 2.39. The van der Waals surface area contributed by atoms with Crippen LogP contribution in [0.2, 0.25) is 0 Å². The highest BCUT2D eigenvalue weighted by Gasteiger charge is 2.04. The lowest BCUT2D eigenvalue weighted by atomic mass is 10.1. The van der Waals surface area contributed by atoms with E-state index in [1.54, 1.807) is 0 Å². The van der Waals surface area contributed by atoms with Gasteiger partial charge in [0.25, 0.3) is 0 Å². The molecule has 1 aromatic carbocycles. The lowest BCUT2D eigenvalue weighted by Gasteiger charge is -1.98. The van der Waals surface area contributed by atoms with Gasteiger partial charge in [-0.3, -0.25) is 0 Å². The molecule has 0 saturated heterocycles. The van der Waals surface area contributed by atoms with Crippen molar-refractivity contribution in [3.8, 4) is 0 Å². The zero-order chi connectivity index (χ0) is 9.97. The van der Waals surface area contributed by atoms with E-state index in [4.69, 9.17) is 5.73 Å². The minimum atomic E-state index is 0.674. The van der Waals surface area contributed by atoms with Crippen LogP contribution >= 0.6 is 0 Å². The van der Waals surface area contributed by atoms with E-state index in [0.717, 1.165) is 29.7 Å². The first-order valence-corrected chi connectivity index (χ1v) is 5.01. The van der Waals surface area contributed by atoms with Crippen LogP contribution in [0, 0.1) is 0 Å². The van der Waals surface area contributed by atoms with E-state index < -0.39 is 0 Å². The standard InChI is InChI=1S/C11H15N3/c1-2-10-13-9-5-3-4-8(6-7-12)11(9)14-10/h3-5H,2,6-7,12H2,1H3,(H,13,14). The number of rotatable bonds is 3. The van der Waals surface area contributed by atoms with Gasteiger partial charge in [0.1, 0.15) is 5.82 Å². The van der Waals surface area contributed by atoms with Crippen molar-refractivity contribution in [1.82, 2.24) is 9.97 Å². The Morgan fingerprint density at radius 1 is 1.43 bits per heavy atom. The molecule has 0 aliphatic heterocycles. The van der Waals surface area contributed by atoms with Gasteiger partial charge in [0.2, 0.25) is 0 Å². The normalized spacial score (nSPS) is 11.0. The molecule has 0 atom stereocenters. The van der Waals surface area contributed by atoms with E-state index in [1.165, 1.54) is 5.56 Å². The van der Waals surface area contributed by atoms with Gasteiger partial charge in [-0.25, -0.2) is 4.98 Å². The summed E-state index contributed by atoms with van der Waals surface area (Å²) in [6.45, 7) is 2.77. The number of aryl methyl sites for hydroxylation is 1. The SMILES string of the molecule is CCc1nc2c(CCN)cccc2[nH]1. The number of hydrogen-bond acceptors (Lipinski definition) is 2. The summed E-state index contributed by atoms with van der Waals surface area (Å²) in [5.74, 6) is 1.05. The van der Waals surface area contributed by atoms with Crippen LogP contribution in [-0.2, 0) is 12.8 Å². The summed E-state index contributed by atoms with van der Waals surface area (Å²) in [6.07, 6.45) is 1.84. The van der Waals surface area contributed by atoms with E-state index in [1.807, 2.05) is 6.07 Å². The number of hydrogen-bond donors (Lipinski definition) is 2. The largest absolute Gasteiger partial charge is 0.342 e. The average molecular weight is 189 g/mol. The van der Waals surface area contributed by atoms with E-state index in [-0.39, 0.29) is 0 Å². The summed E-state index contributed by atoms with van der Waals surface area (Å²) in [5, 5.41) is 0. The van der Waals surface area contributed by atoms with Gasteiger partial charge < -0.3 is 10.7 Å². The van der Waals surface area contributed by atoms with Gasteiger partial charge in [-0.05, 0) is 24.6 Å². The number of H-pyrrole nitrogens is 1. The second-order valence-corrected chi connectivity index (χ2v) is 3.39. The van der Waals surface area contributed by atoms with E-state index in [0.29, 0.717) is 6.54 Å². The molecule has 0 aliphatic rings. The third kappa shape index (κ3) is 1.51. The first-order chi connectivity index (χ1) is 6.85. The Kier molecular flexibility index (Phi) is 2.50. The zero-order valence-electron chi connectivity index (χ0n) is 8.38. The Labute approximate surface area is 83.3 Å². The Hall–Kier alpha value is -1.35. The number of nitrogens with zero attached hydrogens (tertiary/aromatic N) is 1. The van der Waals surface area contributed by atoms with Gasteiger partial charge in [-0.2, -0.15) is 0 Å². The molecule has 0 unspecified atom stereocenters. The molecule has 2 aromatic rings. The molecule has 0 saturated carbocycles. The minimum Gasteiger partial charge on any atom is -0.342 e. The average Bonchev–Trinajstić information content (AvgIpc) is 2.62. The maximum Gasteiger partial charge on any atom is 0.106 e. The molecule has 3 N–H and O–H groups in total. The number of para-hydroxylation sites is 1. The molecule has 0 radical (unpaired) electrons. The number of nitrogens with two attached hydrogens (primary N) is 1. The number of nitrogens with one attached hydrogen (secondary N) is 1. The molecule has 3 heteroatoms. The van der Waals surface area contributed by atoms with Crippen molar-refractivity contribution in [1.29, 1.82) is 0 Å². The fraction of sp³-hybridized carbons (Fsp3) is 0.364. The summed E-state index contributed by atoms with van der Waals surface area (Å²) >= 11 is 0. The first-order valence-electron chi connectivity index (χ1n) is 5.01. The van der Waals surface area contributed by atoms with E-state index in [9.17, 15) is 0 Å². The predicted octanol–water partition coefficient (Wildman–Crippen LogP) is 1.63. The quantitative estimate of drug-likeness (QED) is 0.771. The van der Waals surface area contributed by atoms with Crippen molar-refractivity contribution in [2.45, 2.75) is 19.8 Å². The lowest BCUT2D eigenvalue weighted by Crippen LogP contribution is -2.02. The Balaban J connectivity index is 2.55.